The molecule has 1 aromatic rings. The summed E-state index contributed by atoms with van der Waals surface area (Å²) in [5.41, 5.74) is 3.34. The monoisotopic (exact) mass is 502 g/mol. The van der Waals surface area contributed by atoms with Gasteiger partial charge in [0.15, 0.2) is 0 Å². The van der Waals surface area contributed by atoms with E-state index in [1.807, 2.05) is 27.7 Å². The first-order chi connectivity index (χ1) is 17.3. The fraction of sp³-hybridized carbons (Fsp3) is 0.667. The molecule has 6 heteroatoms. The van der Waals surface area contributed by atoms with Crippen LogP contribution >= 0.6 is 0 Å². The number of piperazine rings is 1. The molecule has 36 heavy (non-hydrogen) atoms. The second kappa shape index (κ2) is 16.7. The Morgan fingerprint density at radius 1 is 1.08 bits per heavy atom. The predicted octanol–water partition coefficient (Wildman–Crippen LogP) is 4.94. The number of esters is 1. The van der Waals surface area contributed by atoms with Gasteiger partial charge in [-0.2, -0.15) is 0 Å². The lowest BCUT2D eigenvalue weighted by Gasteiger charge is -2.33. The highest BCUT2D eigenvalue weighted by Crippen LogP contribution is 2.52. The second-order valence-corrected chi connectivity index (χ2v) is 9.56. The zero-order chi connectivity index (χ0) is 27.1. The first kappa shape index (κ1) is 32.0. The van der Waals surface area contributed by atoms with Gasteiger partial charge in [0.05, 0.1) is 25.2 Å². The Kier molecular flexibility index (Phi) is 14.8. The number of benzene rings is 1. The molecule has 6 nitrogen and oxygen atoms in total. The number of nitrogens with zero attached hydrogens (tertiary/aromatic N) is 2. The quantitative estimate of drug-likeness (QED) is 0.389. The number of cyclic esters (lactones) is 1. The lowest BCUT2D eigenvalue weighted by atomic mass is 9.75. The molecular weight excluding hydrogens is 452 g/mol. The molecule has 1 aromatic carbocycles. The highest BCUT2D eigenvalue weighted by Gasteiger charge is 2.55. The van der Waals surface area contributed by atoms with E-state index in [-0.39, 0.29) is 17.2 Å². The van der Waals surface area contributed by atoms with E-state index < -0.39 is 0 Å². The predicted molar refractivity (Wildman–Crippen MR) is 148 cm³/mol. The van der Waals surface area contributed by atoms with E-state index in [4.69, 9.17) is 9.47 Å². The van der Waals surface area contributed by atoms with Crippen molar-refractivity contribution in [2.24, 2.45) is 11.3 Å². The average Bonchev–Trinajstić information content (AvgIpc) is 3.36. The molecule has 0 spiro atoms. The summed E-state index contributed by atoms with van der Waals surface area (Å²) in [6.07, 6.45) is 2.53. The van der Waals surface area contributed by atoms with Crippen LogP contribution in [0.1, 0.15) is 58.6 Å². The van der Waals surface area contributed by atoms with Crippen LogP contribution in [0, 0.1) is 18.3 Å². The molecule has 0 N–H and O–H groups in total. The van der Waals surface area contributed by atoms with Gasteiger partial charge in [0.1, 0.15) is 5.78 Å². The Morgan fingerprint density at radius 2 is 1.67 bits per heavy atom. The maximum atomic E-state index is 12.1. The van der Waals surface area contributed by atoms with E-state index >= 15 is 0 Å². The van der Waals surface area contributed by atoms with Crippen LogP contribution in [0.5, 0.6) is 0 Å². The number of hydrogen-bond acceptors (Lipinski definition) is 6. The maximum Gasteiger partial charge on any atom is 0.313 e. The van der Waals surface area contributed by atoms with Crippen molar-refractivity contribution in [3.05, 3.63) is 47.5 Å². The Bertz CT molecular complexity index is 800. The van der Waals surface area contributed by atoms with Crippen LogP contribution in [0.15, 0.2) is 36.4 Å². The summed E-state index contributed by atoms with van der Waals surface area (Å²) in [7, 11) is 1.73. The Hall–Kier alpha value is -2.02. The molecule has 0 radical (unpaired) electrons. The summed E-state index contributed by atoms with van der Waals surface area (Å²) in [6, 6.07) is 8.44. The number of ketones is 1. The van der Waals surface area contributed by atoms with Crippen LogP contribution in [0.25, 0.3) is 0 Å². The molecule has 2 heterocycles. The Balaban J connectivity index is 0.000000325. The van der Waals surface area contributed by atoms with Crippen molar-refractivity contribution in [2.75, 3.05) is 59.6 Å². The largest absolute Gasteiger partial charge is 0.465 e. The van der Waals surface area contributed by atoms with Crippen molar-refractivity contribution in [3.8, 4) is 0 Å². The van der Waals surface area contributed by atoms with Gasteiger partial charge in [-0.1, -0.05) is 69.7 Å². The summed E-state index contributed by atoms with van der Waals surface area (Å²) in [5.74, 6) is 0.570. The minimum atomic E-state index is -0.327. The minimum absolute atomic E-state index is 0.0216. The average molecular weight is 503 g/mol. The van der Waals surface area contributed by atoms with E-state index in [0.29, 0.717) is 19.1 Å². The van der Waals surface area contributed by atoms with Crippen molar-refractivity contribution in [3.63, 3.8) is 0 Å². The van der Waals surface area contributed by atoms with Gasteiger partial charge in [0, 0.05) is 45.8 Å². The zero-order valence-corrected chi connectivity index (χ0v) is 23.9. The number of carbonyl (C=O) groups excluding carboxylic acids is 2. The van der Waals surface area contributed by atoms with Gasteiger partial charge in [0.25, 0.3) is 0 Å². The standard InChI is InChI=1S/C16H18O2.C10H20N2O2.2C2H6/c1-11-3-5-13(6-4-11)9-16-8-12(2)7-14(16)10-18-15(16)17;1-10(13)9-12-5-3-11(4-6-12)7-8-14-2;2*1-2/h3-6,14H,2,7-10H2,1H3;3-9H2,1-2H3;2*1-2H3. The third-order valence-corrected chi connectivity index (χ3v) is 6.87. The second-order valence-electron chi connectivity index (χ2n) is 9.56. The molecule has 3 aliphatic rings. The van der Waals surface area contributed by atoms with Gasteiger partial charge in [0.2, 0.25) is 0 Å². The summed E-state index contributed by atoms with van der Waals surface area (Å²) < 4.78 is 10.3. The molecule has 0 amide bonds. The maximum absolute atomic E-state index is 12.1. The van der Waals surface area contributed by atoms with Crippen LogP contribution in [0.3, 0.4) is 0 Å². The van der Waals surface area contributed by atoms with Crippen LogP contribution in [0.2, 0.25) is 0 Å². The van der Waals surface area contributed by atoms with E-state index in [0.717, 1.165) is 58.6 Å². The van der Waals surface area contributed by atoms with Gasteiger partial charge in [-0.15, -0.1) is 0 Å². The normalized spacial score (nSPS) is 23.2. The van der Waals surface area contributed by atoms with Crippen molar-refractivity contribution < 1.29 is 19.1 Å². The number of hydrogen-bond donors (Lipinski definition) is 0. The van der Waals surface area contributed by atoms with Crippen LogP contribution < -0.4 is 0 Å². The smallest absolute Gasteiger partial charge is 0.313 e. The topological polar surface area (TPSA) is 59.1 Å². The van der Waals surface area contributed by atoms with Gasteiger partial charge in [-0.3, -0.25) is 19.4 Å². The van der Waals surface area contributed by atoms with Crippen molar-refractivity contribution in [2.45, 2.75) is 60.8 Å². The molecule has 0 bridgehead atoms. The van der Waals surface area contributed by atoms with E-state index in [2.05, 4.69) is 47.6 Å². The summed E-state index contributed by atoms with van der Waals surface area (Å²) >= 11 is 0. The van der Waals surface area contributed by atoms with E-state index in [9.17, 15) is 9.59 Å². The Labute approximate surface area is 220 Å². The minimum Gasteiger partial charge on any atom is -0.465 e. The molecule has 2 unspecified atom stereocenters. The van der Waals surface area contributed by atoms with Gasteiger partial charge >= 0.3 is 5.97 Å². The molecule has 1 aliphatic carbocycles. The highest BCUT2D eigenvalue weighted by molar-refractivity contribution is 5.81. The molecular formula is C30H50N2O4. The molecule has 204 valence electrons. The number of ether oxygens (including phenoxy) is 2. The molecule has 2 aliphatic heterocycles. The molecule has 2 atom stereocenters. The molecule has 0 aromatic heterocycles. The molecule has 3 fully saturated rings. The first-order valence-electron chi connectivity index (χ1n) is 13.6. The third kappa shape index (κ3) is 9.45. The lowest BCUT2D eigenvalue weighted by Crippen LogP contribution is -2.48. The molecule has 1 saturated carbocycles. The lowest BCUT2D eigenvalue weighted by molar-refractivity contribution is -0.146. The Morgan fingerprint density at radius 3 is 2.22 bits per heavy atom. The van der Waals surface area contributed by atoms with E-state index in [1.165, 1.54) is 16.7 Å². The zero-order valence-electron chi connectivity index (χ0n) is 23.9. The van der Waals surface area contributed by atoms with E-state index in [1.54, 1.807) is 14.0 Å². The van der Waals surface area contributed by atoms with Gasteiger partial charge in [-0.05, 0) is 38.7 Å². The fourth-order valence-electron chi connectivity index (χ4n) is 5.04. The number of Topliss-reactive ketones (excluding diaryl/α,β-unsaturated/α-hetero) is 1. The summed E-state index contributed by atoms with van der Waals surface area (Å²) in [6.45, 7) is 22.9. The van der Waals surface area contributed by atoms with Crippen LogP contribution in [-0.2, 0) is 25.5 Å². The number of aryl methyl sites for hydroxylation is 1. The van der Waals surface area contributed by atoms with Gasteiger partial charge < -0.3 is 9.47 Å². The summed E-state index contributed by atoms with van der Waals surface area (Å²) in [4.78, 5) is 27.6. The number of fused-ring (bicyclic) bond motifs is 1. The van der Waals surface area contributed by atoms with Crippen molar-refractivity contribution in [1.82, 2.24) is 9.80 Å². The van der Waals surface area contributed by atoms with Crippen LogP contribution in [0.4, 0.5) is 0 Å². The van der Waals surface area contributed by atoms with Crippen molar-refractivity contribution in [1.29, 1.82) is 0 Å². The third-order valence-electron chi connectivity index (χ3n) is 6.87. The first-order valence-corrected chi connectivity index (χ1v) is 13.6. The summed E-state index contributed by atoms with van der Waals surface area (Å²) in [5, 5.41) is 0. The van der Waals surface area contributed by atoms with Gasteiger partial charge in [-0.25, -0.2) is 0 Å². The molecule has 2 saturated heterocycles. The number of methoxy groups -OCH3 is 1. The number of allylic oxidation sites excluding steroid dienone is 1. The molecule has 4 rings (SSSR count). The van der Waals surface area contributed by atoms with Crippen LogP contribution in [-0.4, -0.2) is 81.1 Å². The van der Waals surface area contributed by atoms with Crippen molar-refractivity contribution >= 4 is 11.8 Å². The SMILES string of the molecule is C=C1CC2COC(=O)C2(Cc2ccc(C)cc2)C1.CC.CC.COCCN1CCN(CC(C)=O)CC1. The number of rotatable bonds is 7. The fourth-order valence-corrected chi connectivity index (χ4v) is 5.04. The highest BCUT2D eigenvalue weighted by atomic mass is 16.5. The number of carbonyl (C=O) groups is 2.